The van der Waals surface area contributed by atoms with Crippen molar-refractivity contribution < 1.29 is 19.1 Å². The predicted octanol–water partition coefficient (Wildman–Crippen LogP) is 3.75. The minimum atomic E-state index is -0.582. The van der Waals surface area contributed by atoms with Crippen LogP contribution in [-0.2, 0) is 19.1 Å². The lowest BCUT2D eigenvalue weighted by atomic mass is 10.1. The average Bonchev–Trinajstić information content (AvgIpc) is 3.04. The number of esters is 1. The number of nitrogens with zero attached hydrogens (tertiary/aromatic N) is 1. The molecule has 8 heteroatoms. The van der Waals surface area contributed by atoms with Crippen LogP contribution in [0.4, 0.5) is 11.4 Å². The molecule has 2 aromatic rings. The molecule has 0 unspecified atom stereocenters. The fraction of sp³-hybridized carbons (Fsp3) is 0.211. The molecule has 140 valence electrons. The fourth-order valence-electron chi connectivity index (χ4n) is 2.72. The number of amides is 2. The number of anilines is 2. The molecule has 1 saturated heterocycles. The van der Waals surface area contributed by atoms with Crippen LogP contribution in [-0.4, -0.2) is 30.9 Å². The zero-order valence-corrected chi connectivity index (χ0v) is 17.3. The Labute approximate surface area is 173 Å². The Morgan fingerprint density at radius 3 is 2.26 bits per heavy atom. The van der Waals surface area contributed by atoms with Crippen LogP contribution in [0.25, 0.3) is 0 Å². The molecule has 1 atom stereocenters. The molecular formula is C19H16Br2N2O4. The summed E-state index contributed by atoms with van der Waals surface area (Å²) < 4.78 is 6.89. The number of hydrogen-bond donors (Lipinski definition) is 1. The van der Waals surface area contributed by atoms with Crippen LogP contribution in [0, 0.1) is 5.92 Å². The minimum Gasteiger partial charge on any atom is -0.455 e. The molecular weight excluding hydrogens is 480 g/mol. The van der Waals surface area contributed by atoms with Gasteiger partial charge in [0.15, 0.2) is 6.61 Å². The number of carbonyl (C=O) groups excluding carboxylic acids is 3. The maximum absolute atomic E-state index is 12.2. The van der Waals surface area contributed by atoms with Crippen LogP contribution in [0.1, 0.15) is 6.42 Å². The second kappa shape index (κ2) is 8.67. The summed E-state index contributed by atoms with van der Waals surface area (Å²) >= 11 is 6.66. The Morgan fingerprint density at radius 2 is 1.63 bits per heavy atom. The average molecular weight is 496 g/mol. The summed E-state index contributed by atoms with van der Waals surface area (Å²) in [5.41, 5.74) is 1.34. The van der Waals surface area contributed by atoms with E-state index in [0.717, 1.165) is 14.6 Å². The van der Waals surface area contributed by atoms with Crippen LogP contribution in [0.3, 0.4) is 0 Å². The summed E-state index contributed by atoms with van der Waals surface area (Å²) in [4.78, 5) is 37.9. The van der Waals surface area contributed by atoms with Gasteiger partial charge in [0.2, 0.25) is 5.91 Å². The molecule has 1 heterocycles. The first kappa shape index (κ1) is 19.6. The van der Waals surface area contributed by atoms with Crippen molar-refractivity contribution in [3.63, 3.8) is 0 Å². The molecule has 3 rings (SSSR count). The predicted molar refractivity (Wildman–Crippen MR) is 108 cm³/mol. The Bertz CT molecular complexity index is 853. The van der Waals surface area contributed by atoms with Crippen molar-refractivity contribution >= 4 is 61.0 Å². The maximum Gasteiger partial charge on any atom is 0.311 e. The highest BCUT2D eigenvalue weighted by atomic mass is 79.9. The Hall–Kier alpha value is -2.19. The van der Waals surface area contributed by atoms with Crippen LogP contribution in [0.15, 0.2) is 57.5 Å². The lowest BCUT2D eigenvalue weighted by Gasteiger charge is -2.16. The quantitative estimate of drug-likeness (QED) is 0.641. The van der Waals surface area contributed by atoms with E-state index in [9.17, 15) is 14.4 Å². The van der Waals surface area contributed by atoms with Gasteiger partial charge < -0.3 is 15.0 Å². The van der Waals surface area contributed by atoms with Crippen molar-refractivity contribution in [1.29, 1.82) is 0 Å². The molecule has 2 amide bonds. The molecule has 0 bridgehead atoms. The van der Waals surface area contributed by atoms with Crippen LogP contribution < -0.4 is 10.2 Å². The highest BCUT2D eigenvalue weighted by molar-refractivity contribution is 9.10. The van der Waals surface area contributed by atoms with E-state index in [4.69, 9.17) is 4.74 Å². The molecule has 1 aliphatic rings. The Morgan fingerprint density at radius 1 is 1.04 bits per heavy atom. The molecule has 0 aromatic heterocycles. The Balaban J connectivity index is 1.51. The topological polar surface area (TPSA) is 75.7 Å². The highest BCUT2D eigenvalue weighted by Gasteiger charge is 2.36. The van der Waals surface area contributed by atoms with Crippen LogP contribution in [0.2, 0.25) is 0 Å². The van der Waals surface area contributed by atoms with Gasteiger partial charge >= 0.3 is 5.97 Å². The van der Waals surface area contributed by atoms with Gasteiger partial charge in [-0.2, -0.15) is 0 Å². The molecule has 6 nitrogen and oxygen atoms in total. The van der Waals surface area contributed by atoms with Gasteiger partial charge in [-0.3, -0.25) is 14.4 Å². The molecule has 1 N–H and O–H groups in total. The third-order valence-electron chi connectivity index (χ3n) is 4.07. The smallest absolute Gasteiger partial charge is 0.311 e. The second-order valence-electron chi connectivity index (χ2n) is 6.04. The van der Waals surface area contributed by atoms with E-state index >= 15 is 0 Å². The van der Waals surface area contributed by atoms with Gasteiger partial charge in [-0.1, -0.05) is 31.9 Å². The first-order valence-electron chi connectivity index (χ1n) is 8.20. The normalized spacial score (nSPS) is 16.3. The summed E-state index contributed by atoms with van der Waals surface area (Å²) in [5, 5.41) is 2.64. The maximum atomic E-state index is 12.2. The second-order valence-corrected chi connectivity index (χ2v) is 7.88. The van der Waals surface area contributed by atoms with Gasteiger partial charge in [-0.05, 0) is 48.5 Å². The van der Waals surface area contributed by atoms with Gasteiger partial charge in [0, 0.05) is 33.3 Å². The molecule has 27 heavy (non-hydrogen) atoms. The van der Waals surface area contributed by atoms with Crippen molar-refractivity contribution in [2.45, 2.75) is 6.42 Å². The lowest BCUT2D eigenvalue weighted by molar-refractivity contribution is -0.151. The number of benzene rings is 2. The van der Waals surface area contributed by atoms with Crippen molar-refractivity contribution in [3.8, 4) is 0 Å². The van der Waals surface area contributed by atoms with Crippen molar-refractivity contribution in [2.24, 2.45) is 5.92 Å². The summed E-state index contributed by atoms with van der Waals surface area (Å²) in [7, 11) is 0. The van der Waals surface area contributed by atoms with Gasteiger partial charge in [-0.15, -0.1) is 0 Å². The summed E-state index contributed by atoms with van der Waals surface area (Å²) in [6.45, 7) is -0.147. The lowest BCUT2D eigenvalue weighted by Crippen LogP contribution is -2.28. The molecule has 1 fully saturated rings. The molecule has 0 radical (unpaired) electrons. The third kappa shape index (κ3) is 5.17. The van der Waals surface area contributed by atoms with E-state index in [1.54, 1.807) is 41.3 Å². The SMILES string of the molecule is O=C(COC(=O)[C@@H]1CC(=O)N(c2ccc(Br)cc2)C1)Nc1ccc(Br)cc1. The van der Waals surface area contributed by atoms with E-state index in [-0.39, 0.29) is 18.9 Å². The number of halogens is 2. The van der Waals surface area contributed by atoms with E-state index in [1.807, 2.05) is 12.1 Å². The van der Waals surface area contributed by atoms with Gasteiger partial charge in [0.25, 0.3) is 5.91 Å². The molecule has 1 aliphatic heterocycles. The first-order chi connectivity index (χ1) is 12.9. The van der Waals surface area contributed by atoms with Crippen molar-refractivity contribution in [3.05, 3.63) is 57.5 Å². The zero-order chi connectivity index (χ0) is 19.4. The summed E-state index contributed by atoms with van der Waals surface area (Å²) in [6, 6.07) is 14.3. The van der Waals surface area contributed by atoms with Gasteiger partial charge in [-0.25, -0.2) is 0 Å². The number of hydrogen-bond acceptors (Lipinski definition) is 4. The Kier molecular flexibility index (Phi) is 6.28. The molecule has 2 aromatic carbocycles. The highest BCUT2D eigenvalue weighted by Crippen LogP contribution is 2.27. The van der Waals surface area contributed by atoms with Gasteiger partial charge in [0.1, 0.15) is 0 Å². The van der Waals surface area contributed by atoms with Crippen molar-refractivity contribution in [2.75, 3.05) is 23.4 Å². The molecule has 0 spiro atoms. The largest absolute Gasteiger partial charge is 0.455 e. The van der Waals surface area contributed by atoms with E-state index < -0.39 is 24.4 Å². The van der Waals surface area contributed by atoms with Crippen LogP contribution >= 0.6 is 31.9 Å². The fourth-order valence-corrected chi connectivity index (χ4v) is 3.25. The monoisotopic (exact) mass is 494 g/mol. The number of ether oxygens (including phenoxy) is 1. The summed E-state index contributed by atoms with van der Waals surface area (Å²) in [5.74, 6) is -1.70. The van der Waals surface area contributed by atoms with E-state index in [2.05, 4.69) is 37.2 Å². The van der Waals surface area contributed by atoms with Crippen LogP contribution in [0.5, 0.6) is 0 Å². The minimum absolute atomic E-state index is 0.0726. The number of nitrogens with one attached hydrogen (secondary N) is 1. The number of rotatable bonds is 5. The van der Waals surface area contributed by atoms with E-state index in [0.29, 0.717) is 5.69 Å². The molecule has 0 aliphatic carbocycles. The molecule has 0 saturated carbocycles. The number of carbonyl (C=O) groups is 3. The van der Waals surface area contributed by atoms with Crippen molar-refractivity contribution in [1.82, 2.24) is 0 Å². The zero-order valence-electron chi connectivity index (χ0n) is 14.2. The first-order valence-corrected chi connectivity index (χ1v) is 9.79. The standard InChI is InChI=1S/C19H16Br2N2O4/c20-13-1-5-15(6-2-13)22-17(24)11-27-19(26)12-9-18(25)23(10-12)16-7-3-14(21)4-8-16/h1-8,12H,9-11H2,(H,22,24)/t12-/m1/s1. The van der Waals surface area contributed by atoms with Gasteiger partial charge in [0.05, 0.1) is 5.92 Å². The van der Waals surface area contributed by atoms with E-state index in [1.165, 1.54) is 0 Å². The summed E-state index contributed by atoms with van der Waals surface area (Å²) in [6.07, 6.45) is 0.0726. The third-order valence-corrected chi connectivity index (χ3v) is 5.13.